The first-order valence-electron chi connectivity index (χ1n) is 12.0. The van der Waals surface area contributed by atoms with Crippen molar-refractivity contribution in [3.63, 3.8) is 0 Å². The topological polar surface area (TPSA) is 48.0 Å². The first-order valence-corrected chi connectivity index (χ1v) is 13.2. The SMILES string of the molecule is CN(C[C@]1(c2ccccc2)Oc2cc(F)c(Cl)c(Br)c2[C@@H]1COCc1ccccc1)C(=O)OC(C)(C)C. The molecule has 0 saturated carbocycles. The van der Waals surface area contributed by atoms with E-state index in [4.69, 9.17) is 25.8 Å². The van der Waals surface area contributed by atoms with Gasteiger partial charge in [0.25, 0.3) is 0 Å². The molecule has 8 heteroatoms. The third-order valence-corrected chi connectivity index (χ3v) is 7.62. The summed E-state index contributed by atoms with van der Waals surface area (Å²) >= 11 is 9.83. The highest BCUT2D eigenvalue weighted by Crippen LogP contribution is 2.55. The third kappa shape index (κ3) is 5.95. The first kappa shape index (κ1) is 27.4. The molecule has 4 rings (SSSR count). The van der Waals surface area contributed by atoms with Gasteiger partial charge in [-0.15, -0.1) is 0 Å². The number of benzene rings is 3. The lowest BCUT2D eigenvalue weighted by Crippen LogP contribution is -2.49. The second-order valence-electron chi connectivity index (χ2n) is 10.1. The van der Waals surface area contributed by atoms with E-state index in [9.17, 15) is 9.18 Å². The minimum atomic E-state index is -1.09. The molecule has 0 aromatic heterocycles. The fourth-order valence-electron chi connectivity index (χ4n) is 4.55. The minimum Gasteiger partial charge on any atom is -0.480 e. The number of halogens is 3. The van der Waals surface area contributed by atoms with Crippen molar-refractivity contribution in [1.82, 2.24) is 4.90 Å². The van der Waals surface area contributed by atoms with Gasteiger partial charge in [0.2, 0.25) is 0 Å². The molecule has 3 aromatic rings. The first-order chi connectivity index (χ1) is 17.5. The Kier molecular flexibility index (Phi) is 8.17. The molecule has 196 valence electrons. The van der Waals surface area contributed by atoms with Crippen molar-refractivity contribution in [2.24, 2.45) is 0 Å². The lowest BCUT2D eigenvalue weighted by Gasteiger charge is -2.38. The summed E-state index contributed by atoms with van der Waals surface area (Å²) in [7, 11) is 1.66. The summed E-state index contributed by atoms with van der Waals surface area (Å²) in [6, 6.07) is 20.7. The molecule has 37 heavy (non-hydrogen) atoms. The number of carbonyl (C=O) groups excluding carboxylic acids is 1. The summed E-state index contributed by atoms with van der Waals surface area (Å²) in [6.07, 6.45) is -0.491. The fraction of sp³-hybridized carbons (Fsp3) is 0.345. The standard InChI is InChI=1S/C29H30BrClFNO4/c1-28(2,3)37-27(34)33(4)18-29(20-13-9-6-10-14-20)21(17-35-16-19-11-7-5-8-12-19)24-23(36-29)15-22(32)26(31)25(24)30/h5-15,21H,16-18H2,1-4H3/t21-,29+/m0/s1. The third-order valence-electron chi connectivity index (χ3n) is 6.20. The highest BCUT2D eigenvalue weighted by molar-refractivity contribution is 9.10. The van der Waals surface area contributed by atoms with Crippen molar-refractivity contribution < 1.29 is 23.4 Å². The Morgan fingerprint density at radius 2 is 1.76 bits per heavy atom. The van der Waals surface area contributed by atoms with Gasteiger partial charge in [0.1, 0.15) is 17.2 Å². The van der Waals surface area contributed by atoms with Gasteiger partial charge in [-0.3, -0.25) is 0 Å². The average Bonchev–Trinajstić information content (AvgIpc) is 3.16. The van der Waals surface area contributed by atoms with E-state index in [2.05, 4.69) is 15.9 Å². The van der Waals surface area contributed by atoms with Crippen molar-refractivity contribution in [3.8, 4) is 5.75 Å². The number of ether oxygens (including phenoxy) is 3. The van der Waals surface area contributed by atoms with E-state index >= 15 is 0 Å². The van der Waals surface area contributed by atoms with E-state index in [0.717, 1.165) is 11.1 Å². The van der Waals surface area contributed by atoms with E-state index in [1.54, 1.807) is 7.05 Å². The molecule has 1 amide bonds. The Labute approximate surface area is 230 Å². The molecule has 0 spiro atoms. The van der Waals surface area contributed by atoms with Crippen LogP contribution in [0.2, 0.25) is 5.02 Å². The maximum atomic E-state index is 14.7. The zero-order chi connectivity index (χ0) is 26.8. The van der Waals surface area contributed by atoms with Crippen LogP contribution in [0.15, 0.2) is 71.2 Å². The predicted molar refractivity (Wildman–Crippen MR) is 146 cm³/mol. The molecule has 3 aromatic carbocycles. The highest BCUT2D eigenvalue weighted by atomic mass is 79.9. The summed E-state index contributed by atoms with van der Waals surface area (Å²) in [5.41, 5.74) is 0.780. The zero-order valence-corrected chi connectivity index (χ0v) is 23.6. The predicted octanol–water partition coefficient (Wildman–Crippen LogP) is 7.70. The van der Waals surface area contributed by atoms with E-state index in [1.165, 1.54) is 11.0 Å². The van der Waals surface area contributed by atoms with E-state index in [0.29, 0.717) is 22.4 Å². The molecular formula is C29H30BrClFNO4. The average molecular weight is 591 g/mol. The smallest absolute Gasteiger partial charge is 0.410 e. The Bertz CT molecular complexity index is 1250. The number of amides is 1. The molecular weight excluding hydrogens is 561 g/mol. The van der Waals surface area contributed by atoms with Crippen molar-refractivity contribution in [3.05, 3.63) is 98.7 Å². The molecule has 0 unspecified atom stereocenters. The van der Waals surface area contributed by atoms with Gasteiger partial charge < -0.3 is 19.1 Å². The monoisotopic (exact) mass is 589 g/mol. The lowest BCUT2D eigenvalue weighted by atomic mass is 9.79. The Balaban J connectivity index is 1.77. The van der Waals surface area contributed by atoms with Crippen LogP contribution in [-0.2, 0) is 21.7 Å². The number of hydrogen-bond acceptors (Lipinski definition) is 4. The van der Waals surface area contributed by atoms with Crippen LogP contribution in [0.1, 0.15) is 43.4 Å². The summed E-state index contributed by atoms with van der Waals surface area (Å²) in [5, 5.41) is -0.0280. The molecule has 1 aliphatic heterocycles. The summed E-state index contributed by atoms with van der Waals surface area (Å²) in [6.45, 7) is 6.19. The number of nitrogens with zero attached hydrogens (tertiary/aromatic N) is 1. The van der Waals surface area contributed by atoms with Gasteiger partial charge in [-0.1, -0.05) is 72.3 Å². The molecule has 2 atom stereocenters. The summed E-state index contributed by atoms with van der Waals surface area (Å²) in [5.74, 6) is -0.671. The maximum Gasteiger partial charge on any atom is 0.410 e. The van der Waals surface area contributed by atoms with Gasteiger partial charge in [-0.05, 0) is 47.8 Å². The summed E-state index contributed by atoms with van der Waals surface area (Å²) < 4.78 is 33.6. The van der Waals surface area contributed by atoms with Crippen LogP contribution in [-0.4, -0.2) is 36.8 Å². The number of carbonyl (C=O) groups is 1. The van der Waals surface area contributed by atoms with Gasteiger partial charge >= 0.3 is 6.09 Å². The lowest BCUT2D eigenvalue weighted by molar-refractivity contribution is -0.0201. The number of likely N-dealkylation sites (N-methyl/N-ethyl adjacent to an activating group) is 1. The van der Waals surface area contributed by atoms with Crippen molar-refractivity contribution in [1.29, 1.82) is 0 Å². The van der Waals surface area contributed by atoms with Crippen LogP contribution in [0.3, 0.4) is 0 Å². The van der Waals surface area contributed by atoms with Crippen molar-refractivity contribution in [2.45, 2.75) is 44.5 Å². The number of fused-ring (bicyclic) bond motifs is 1. The maximum absolute atomic E-state index is 14.7. The molecule has 5 nitrogen and oxygen atoms in total. The van der Waals surface area contributed by atoms with Crippen LogP contribution in [0, 0.1) is 5.82 Å². The van der Waals surface area contributed by atoms with Crippen LogP contribution in [0.4, 0.5) is 9.18 Å². The van der Waals surface area contributed by atoms with Crippen molar-refractivity contribution in [2.75, 3.05) is 20.2 Å². The molecule has 1 heterocycles. The van der Waals surface area contributed by atoms with Gasteiger partial charge in [0.05, 0.1) is 30.7 Å². The Morgan fingerprint density at radius 1 is 1.14 bits per heavy atom. The Hall–Kier alpha value is -2.61. The van der Waals surface area contributed by atoms with Crippen LogP contribution in [0.5, 0.6) is 5.75 Å². The molecule has 0 fully saturated rings. The van der Waals surface area contributed by atoms with Gasteiger partial charge in [0.15, 0.2) is 5.60 Å². The van der Waals surface area contributed by atoms with E-state index in [-0.39, 0.29) is 18.2 Å². The molecule has 0 bridgehead atoms. The second-order valence-corrected chi connectivity index (χ2v) is 11.3. The van der Waals surface area contributed by atoms with Gasteiger partial charge in [0, 0.05) is 23.2 Å². The van der Waals surface area contributed by atoms with Gasteiger partial charge in [-0.25, -0.2) is 9.18 Å². The summed E-state index contributed by atoms with van der Waals surface area (Å²) in [4.78, 5) is 14.5. The van der Waals surface area contributed by atoms with Crippen LogP contribution in [0.25, 0.3) is 0 Å². The van der Waals surface area contributed by atoms with Crippen LogP contribution < -0.4 is 4.74 Å². The highest BCUT2D eigenvalue weighted by Gasteiger charge is 2.53. The fourth-order valence-corrected chi connectivity index (χ4v) is 5.37. The molecule has 1 aliphatic rings. The number of hydrogen-bond donors (Lipinski definition) is 0. The number of rotatable bonds is 7. The second kappa shape index (κ2) is 11.0. The molecule has 0 saturated heterocycles. The Morgan fingerprint density at radius 3 is 2.38 bits per heavy atom. The van der Waals surface area contributed by atoms with Crippen LogP contribution >= 0.6 is 27.5 Å². The quantitative estimate of drug-likeness (QED) is 0.265. The molecule has 0 N–H and O–H groups in total. The van der Waals surface area contributed by atoms with Crippen molar-refractivity contribution >= 4 is 33.6 Å². The molecule has 0 radical (unpaired) electrons. The normalized spacial score (nSPS) is 18.7. The van der Waals surface area contributed by atoms with Gasteiger partial charge in [-0.2, -0.15) is 0 Å². The zero-order valence-electron chi connectivity index (χ0n) is 21.3. The van der Waals surface area contributed by atoms with E-state index in [1.807, 2.05) is 81.4 Å². The largest absolute Gasteiger partial charge is 0.480 e. The molecule has 0 aliphatic carbocycles. The minimum absolute atomic E-state index is 0.0280. The van der Waals surface area contributed by atoms with E-state index < -0.39 is 29.0 Å².